The van der Waals surface area contributed by atoms with Crippen molar-refractivity contribution in [3.05, 3.63) is 29.8 Å². The van der Waals surface area contributed by atoms with Crippen molar-refractivity contribution in [2.24, 2.45) is 5.92 Å². The van der Waals surface area contributed by atoms with Crippen LogP contribution >= 0.6 is 0 Å². The summed E-state index contributed by atoms with van der Waals surface area (Å²) in [5, 5.41) is 15.3. The second-order valence-corrected chi connectivity index (χ2v) is 8.76. The van der Waals surface area contributed by atoms with Crippen molar-refractivity contribution in [1.29, 1.82) is 0 Å². The number of hydrogen-bond donors (Lipinski definition) is 3. The highest BCUT2D eigenvalue weighted by molar-refractivity contribution is 5.89. The summed E-state index contributed by atoms with van der Waals surface area (Å²) in [5.41, 5.74) is 0.753. The minimum Gasteiger partial charge on any atom is -0.481 e. The number of anilines is 1. The van der Waals surface area contributed by atoms with E-state index in [1.54, 1.807) is 43.9 Å². The van der Waals surface area contributed by atoms with Gasteiger partial charge in [0.05, 0.1) is 5.92 Å². The van der Waals surface area contributed by atoms with Gasteiger partial charge in [-0.05, 0) is 57.7 Å². The van der Waals surface area contributed by atoms with E-state index in [-0.39, 0.29) is 24.5 Å². The predicted octanol–water partition coefficient (Wildman–Crippen LogP) is 3.40. The second-order valence-electron chi connectivity index (χ2n) is 8.76. The molecule has 8 heteroatoms. The highest BCUT2D eigenvalue weighted by Gasteiger charge is 2.38. The molecule has 1 heterocycles. The van der Waals surface area contributed by atoms with Crippen molar-refractivity contribution in [1.82, 2.24) is 10.2 Å². The summed E-state index contributed by atoms with van der Waals surface area (Å²) < 4.78 is 5.45. The molecular formula is C21H29N3O5. The highest BCUT2D eigenvalue weighted by atomic mass is 16.6. The Balaban J connectivity index is 1.75. The molecule has 0 radical (unpaired) electrons. The largest absolute Gasteiger partial charge is 0.481 e. The first-order valence-corrected chi connectivity index (χ1v) is 10.0. The number of nitrogens with one attached hydrogen (secondary N) is 2. The Morgan fingerprint density at radius 3 is 2.52 bits per heavy atom. The quantitative estimate of drug-likeness (QED) is 0.714. The molecule has 3 rings (SSSR count). The zero-order chi connectivity index (χ0) is 21.2. The Hall–Kier alpha value is -2.77. The van der Waals surface area contributed by atoms with Gasteiger partial charge in [-0.15, -0.1) is 0 Å². The molecule has 2 atom stereocenters. The van der Waals surface area contributed by atoms with E-state index in [1.165, 1.54) is 0 Å². The minimum atomic E-state index is -0.885. The van der Waals surface area contributed by atoms with Gasteiger partial charge in [-0.1, -0.05) is 12.1 Å². The van der Waals surface area contributed by atoms with Gasteiger partial charge in [0.2, 0.25) is 0 Å². The van der Waals surface area contributed by atoms with Crippen LogP contribution in [0, 0.1) is 5.92 Å². The first-order chi connectivity index (χ1) is 13.6. The number of benzene rings is 1. The van der Waals surface area contributed by atoms with Gasteiger partial charge >= 0.3 is 18.1 Å². The van der Waals surface area contributed by atoms with Crippen LogP contribution in [0.25, 0.3) is 0 Å². The van der Waals surface area contributed by atoms with Crippen LogP contribution in [0.5, 0.6) is 0 Å². The van der Waals surface area contributed by atoms with Crippen molar-refractivity contribution >= 4 is 23.8 Å². The second kappa shape index (κ2) is 8.31. The summed E-state index contributed by atoms with van der Waals surface area (Å²) in [5.74, 6) is -1.88. The number of carboxylic acids is 1. The molecular weight excluding hydrogens is 374 g/mol. The fourth-order valence-corrected chi connectivity index (χ4v) is 3.50. The number of likely N-dealkylation sites (tertiary alicyclic amines) is 1. The van der Waals surface area contributed by atoms with Crippen LogP contribution in [0.2, 0.25) is 0 Å². The third kappa shape index (κ3) is 5.85. The molecule has 1 aromatic carbocycles. The normalized spacial score (nSPS) is 22.0. The maximum absolute atomic E-state index is 12.5. The van der Waals surface area contributed by atoms with Crippen molar-refractivity contribution in [3.63, 3.8) is 0 Å². The molecule has 1 saturated heterocycles. The number of hydrogen-bond acceptors (Lipinski definition) is 4. The average Bonchev–Trinajstić information content (AvgIpc) is 3.43. The van der Waals surface area contributed by atoms with E-state index in [1.807, 2.05) is 6.07 Å². The van der Waals surface area contributed by atoms with Crippen LogP contribution < -0.4 is 10.6 Å². The van der Waals surface area contributed by atoms with Crippen molar-refractivity contribution in [3.8, 4) is 0 Å². The van der Waals surface area contributed by atoms with Gasteiger partial charge in [0.1, 0.15) is 5.60 Å². The van der Waals surface area contributed by atoms with Crippen molar-refractivity contribution in [2.45, 2.75) is 57.6 Å². The van der Waals surface area contributed by atoms with Crippen LogP contribution in [-0.2, 0) is 9.53 Å². The number of ether oxygens (including phenoxy) is 1. The standard InChI is InChI=1S/C21H29N3O5/c1-21(2,3)29-20(28)24-10-9-16(18(25)26)17(12-24)13-5-4-6-15(11-13)23-19(27)22-14-7-8-14/h4-6,11,14,16-17H,7-10,12H2,1-3H3,(H,25,26)(H2,22,23,27)/t16-,17+/m1/s1. The molecule has 2 aliphatic rings. The lowest BCUT2D eigenvalue weighted by Gasteiger charge is -2.37. The molecule has 8 nitrogen and oxygen atoms in total. The van der Waals surface area contributed by atoms with Gasteiger partial charge in [-0.2, -0.15) is 0 Å². The van der Waals surface area contributed by atoms with Crippen LogP contribution in [0.1, 0.15) is 51.5 Å². The molecule has 0 aromatic heterocycles. The number of carbonyl (C=O) groups excluding carboxylic acids is 2. The number of nitrogens with zero attached hydrogens (tertiary/aromatic N) is 1. The molecule has 1 aliphatic carbocycles. The first kappa shape index (κ1) is 21.0. The summed E-state index contributed by atoms with van der Waals surface area (Å²) in [6.07, 6.45) is 1.90. The Bertz CT molecular complexity index is 785. The number of amides is 3. The monoisotopic (exact) mass is 403 g/mol. The van der Waals surface area contributed by atoms with Gasteiger partial charge in [0.15, 0.2) is 0 Å². The number of aliphatic carboxylic acids is 1. The molecule has 0 spiro atoms. The lowest BCUT2D eigenvalue weighted by atomic mass is 9.80. The smallest absolute Gasteiger partial charge is 0.410 e. The Morgan fingerprint density at radius 2 is 1.90 bits per heavy atom. The number of carboxylic acid groups (broad SMARTS) is 1. The zero-order valence-corrected chi connectivity index (χ0v) is 17.1. The molecule has 29 heavy (non-hydrogen) atoms. The van der Waals surface area contributed by atoms with Gasteiger partial charge in [0.25, 0.3) is 0 Å². The Morgan fingerprint density at radius 1 is 1.17 bits per heavy atom. The average molecular weight is 403 g/mol. The topological polar surface area (TPSA) is 108 Å². The summed E-state index contributed by atoms with van der Waals surface area (Å²) in [7, 11) is 0. The van der Waals surface area contributed by atoms with Gasteiger partial charge in [-0.25, -0.2) is 9.59 Å². The van der Waals surface area contributed by atoms with E-state index in [4.69, 9.17) is 4.74 Å². The lowest BCUT2D eigenvalue weighted by molar-refractivity contribution is -0.144. The minimum absolute atomic E-state index is 0.246. The molecule has 0 bridgehead atoms. The number of urea groups is 1. The van der Waals surface area contributed by atoms with Crippen LogP contribution in [0.15, 0.2) is 24.3 Å². The molecule has 1 saturated carbocycles. The highest BCUT2D eigenvalue weighted by Crippen LogP contribution is 2.34. The van der Waals surface area contributed by atoms with E-state index in [2.05, 4.69) is 10.6 Å². The fourth-order valence-electron chi connectivity index (χ4n) is 3.50. The lowest BCUT2D eigenvalue weighted by Crippen LogP contribution is -2.46. The third-order valence-electron chi connectivity index (χ3n) is 5.07. The van der Waals surface area contributed by atoms with Crippen molar-refractivity contribution in [2.75, 3.05) is 18.4 Å². The van der Waals surface area contributed by atoms with E-state index in [0.717, 1.165) is 18.4 Å². The molecule has 3 N–H and O–H groups in total. The molecule has 2 fully saturated rings. The first-order valence-electron chi connectivity index (χ1n) is 10.0. The van der Waals surface area contributed by atoms with E-state index >= 15 is 0 Å². The predicted molar refractivity (Wildman–Crippen MR) is 108 cm³/mol. The third-order valence-corrected chi connectivity index (χ3v) is 5.07. The summed E-state index contributed by atoms with van der Waals surface area (Å²) in [6, 6.07) is 7.15. The fraction of sp³-hybridized carbons (Fsp3) is 0.571. The van der Waals surface area contributed by atoms with Crippen LogP contribution in [0.3, 0.4) is 0 Å². The maximum atomic E-state index is 12.5. The molecule has 158 valence electrons. The molecule has 0 unspecified atom stereocenters. The molecule has 1 aromatic rings. The summed E-state index contributed by atoms with van der Waals surface area (Å²) in [6.45, 7) is 5.99. The Kier molecular flexibility index (Phi) is 6.00. The zero-order valence-electron chi connectivity index (χ0n) is 17.1. The van der Waals surface area contributed by atoms with E-state index in [0.29, 0.717) is 18.7 Å². The number of carbonyl (C=O) groups is 3. The van der Waals surface area contributed by atoms with Crippen LogP contribution in [-0.4, -0.2) is 52.8 Å². The Labute approximate surface area is 170 Å². The van der Waals surface area contributed by atoms with E-state index < -0.39 is 23.6 Å². The van der Waals surface area contributed by atoms with Crippen molar-refractivity contribution < 1.29 is 24.2 Å². The van der Waals surface area contributed by atoms with Gasteiger partial charge in [-0.3, -0.25) is 4.79 Å². The molecule has 3 amide bonds. The van der Waals surface area contributed by atoms with Crippen LogP contribution in [0.4, 0.5) is 15.3 Å². The number of piperidine rings is 1. The summed E-state index contributed by atoms with van der Waals surface area (Å²) in [4.78, 5) is 37.9. The SMILES string of the molecule is CC(C)(C)OC(=O)N1CC[C@@H](C(=O)O)[C@H](c2cccc(NC(=O)NC3CC3)c2)C1. The number of rotatable bonds is 4. The van der Waals surface area contributed by atoms with Gasteiger partial charge in [0, 0.05) is 30.7 Å². The maximum Gasteiger partial charge on any atom is 0.410 e. The summed E-state index contributed by atoms with van der Waals surface area (Å²) >= 11 is 0. The van der Waals surface area contributed by atoms with Gasteiger partial charge < -0.3 is 25.4 Å². The van der Waals surface area contributed by atoms with E-state index in [9.17, 15) is 19.5 Å². The molecule has 1 aliphatic heterocycles.